The number of aromatic nitrogens is 1. The summed E-state index contributed by atoms with van der Waals surface area (Å²) in [4.78, 5) is 26.1. The van der Waals surface area contributed by atoms with E-state index < -0.39 is 0 Å². The highest BCUT2D eigenvalue weighted by Crippen LogP contribution is 2.18. The zero-order valence-corrected chi connectivity index (χ0v) is 12.0. The molecule has 0 fully saturated rings. The van der Waals surface area contributed by atoms with E-state index in [-0.39, 0.29) is 23.5 Å². The number of nitrogens with one attached hydrogen (secondary N) is 3. The zero-order chi connectivity index (χ0) is 15.4. The van der Waals surface area contributed by atoms with Crippen molar-refractivity contribution in [3.05, 3.63) is 35.8 Å². The zero-order valence-electron chi connectivity index (χ0n) is 12.0. The van der Waals surface area contributed by atoms with Crippen molar-refractivity contribution in [3.63, 3.8) is 0 Å². The monoisotopic (exact) mass is 291 g/mol. The van der Waals surface area contributed by atoms with Crippen molar-refractivity contribution < 1.29 is 14.0 Å². The number of amides is 2. The number of halogens is 1. The summed E-state index contributed by atoms with van der Waals surface area (Å²) >= 11 is 0. The third kappa shape index (κ3) is 3.59. The maximum atomic E-state index is 13.5. The Morgan fingerprint density at radius 1 is 1.24 bits per heavy atom. The Kier molecular flexibility index (Phi) is 4.57. The average molecular weight is 291 g/mol. The fourth-order valence-electron chi connectivity index (χ4n) is 1.90. The van der Waals surface area contributed by atoms with Crippen LogP contribution in [0.25, 0.3) is 10.9 Å². The van der Waals surface area contributed by atoms with Crippen molar-refractivity contribution in [2.45, 2.75) is 13.8 Å². The van der Waals surface area contributed by atoms with Gasteiger partial charge in [0.25, 0.3) is 5.91 Å². The molecule has 1 heterocycles. The lowest BCUT2D eigenvalue weighted by molar-refractivity contribution is -0.123. The average Bonchev–Trinajstić information content (AvgIpc) is 2.88. The summed E-state index contributed by atoms with van der Waals surface area (Å²) in [7, 11) is 0. The summed E-state index contributed by atoms with van der Waals surface area (Å²) in [5.74, 6) is -0.842. The summed E-state index contributed by atoms with van der Waals surface area (Å²) in [6.07, 6.45) is 0. The first-order chi connectivity index (χ1) is 9.99. The molecule has 0 aliphatic carbocycles. The van der Waals surface area contributed by atoms with E-state index in [0.29, 0.717) is 29.7 Å². The van der Waals surface area contributed by atoms with Crippen molar-refractivity contribution in [3.8, 4) is 0 Å². The molecule has 0 radical (unpaired) electrons. The van der Waals surface area contributed by atoms with Crippen LogP contribution in [-0.4, -0.2) is 29.9 Å². The third-order valence-corrected chi connectivity index (χ3v) is 3.09. The summed E-state index contributed by atoms with van der Waals surface area (Å²) in [5, 5.41) is 5.75. The molecular weight excluding hydrogens is 273 g/mol. The van der Waals surface area contributed by atoms with Gasteiger partial charge < -0.3 is 15.6 Å². The molecule has 5 nitrogen and oxygen atoms in total. The van der Waals surface area contributed by atoms with Crippen molar-refractivity contribution in [2.75, 3.05) is 13.1 Å². The highest BCUT2D eigenvalue weighted by molar-refractivity contribution is 5.98. The van der Waals surface area contributed by atoms with Crippen LogP contribution < -0.4 is 10.6 Å². The third-order valence-electron chi connectivity index (χ3n) is 3.09. The number of rotatable bonds is 5. The van der Waals surface area contributed by atoms with Gasteiger partial charge >= 0.3 is 0 Å². The minimum absolute atomic E-state index is 0.0584. The van der Waals surface area contributed by atoms with Crippen molar-refractivity contribution in [1.29, 1.82) is 0 Å². The predicted molar refractivity (Wildman–Crippen MR) is 78.4 cm³/mol. The molecule has 0 aliphatic rings. The smallest absolute Gasteiger partial charge is 0.267 e. The van der Waals surface area contributed by atoms with E-state index in [1.807, 2.05) is 0 Å². The number of fused-ring (bicyclic) bond motifs is 1. The number of benzene rings is 1. The van der Waals surface area contributed by atoms with E-state index in [1.165, 1.54) is 12.1 Å². The Labute approximate surface area is 121 Å². The number of hydrogen-bond donors (Lipinski definition) is 3. The normalized spacial score (nSPS) is 10.9. The summed E-state index contributed by atoms with van der Waals surface area (Å²) in [5.41, 5.74) is 0.874. The molecule has 0 aliphatic heterocycles. The van der Waals surface area contributed by atoms with Gasteiger partial charge in [0.2, 0.25) is 5.91 Å². The van der Waals surface area contributed by atoms with Crippen LogP contribution in [0.5, 0.6) is 0 Å². The first kappa shape index (κ1) is 15.0. The van der Waals surface area contributed by atoms with Crippen molar-refractivity contribution in [1.82, 2.24) is 15.6 Å². The molecule has 6 heteroatoms. The maximum Gasteiger partial charge on any atom is 0.267 e. The molecule has 0 saturated heterocycles. The first-order valence-corrected chi connectivity index (χ1v) is 6.82. The lowest BCUT2D eigenvalue weighted by atomic mass is 10.2. The van der Waals surface area contributed by atoms with Crippen molar-refractivity contribution in [2.24, 2.45) is 5.92 Å². The Balaban J connectivity index is 1.91. The van der Waals surface area contributed by atoms with Gasteiger partial charge in [0, 0.05) is 29.9 Å². The Hall–Kier alpha value is -2.37. The number of H-pyrrole nitrogens is 1. The topological polar surface area (TPSA) is 74.0 Å². The lowest BCUT2D eigenvalue weighted by Crippen LogP contribution is -2.36. The van der Waals surface area contributed by atoms with Gasteiger partial charge in [-0.3, -0.25) is 9.59 Å². The van der Waals surface area contributed by atoms with Crippen LogP contribution in [0.15, 0.2) is 24.3 Å². The molecule has 0 spiro atoms. The number of carbonyl (C=O) groups is 2. The van der Waals surface area contributed by atoms with Crippen LogP contribution >= 0.6 is 0 Å². The second-order valence-electron chi connectivity index (χ2n) is 5.09. The van der Waals surface area contributed by atoms with Gasteiger partial charge in [-0.2, -0.15) is 0 Å². The number of hydrogen-bond acceptors (Lipinski definition) is 2. The predicted octanol–water partition coefficient (Wildman–Crippen LogP) is 1.81. The summed E-state index contributed by atoms with van der Waals surface area (Å²) in [6, 6.07) is 6.11. The van der Waals surface area contributed by atoms with Crippen molar-refractivity contribution >= 4 is 22.7 Å². The molecular formula is C15H18FN3O2. The lowest BCUT2D eigenvalue weighted by Gasteiger charge is -2.08. The second-order valence-corrected chi connectivity index (χ2v) is 5.09. The van der Waals surface area contributed by atoms with Gasteiger partial charge in [0.05, 0.1) is 0 Å². The van der Waals surface area contributed by atoms with Crippen LogP contribution in [0.1, 0.15) is 24.3 Å². The SMILES string of the molecule is CC(C)C(=O)NCCNC(=O)c1cc2c(F)cccc2[nH]1. The molecule has 0 bridgehead atoms. The first-order valence-electron chi connectivity index (χ1n) is 6.82. The standard InChI is InChI=1S/C15H18FN3O2/c1-9(2)14(20)17-6-7-18-15(21)13-8-10-11(16)4-3-5-12(10)19-13/h3-5,8-9,19H,6-7H2,1-2H3,(H,17,20)(H,18,21). The second kappa shape index (κ2) is 6.39. The van der Waals surface area contributed by atoms with Crippen LogP contribution in [-0.2, 0) is 4.79 Å². The number of carbonyl (C=O) groups excluding carboxylic acids is 2. The fraction of sp³-hybridized carbons (Fsp3) is 0.333. The highest BCUT2D eigenvalue weighted by atomic mass is 19.1. The van der Waals surface area contributed by atoms with Crippen LogP contribution in [0.4, 0.5) is 4.39 Å². The Morgan fingerprint density at radius 2 is 1.95 bits per heavy atom. The largest absolute Gasteiger partial charge is 0.354 e. The van der Waals surface area contributed by atoms with Gasteiger partial charge in [-0.15, -0.1) is 0 Å². The maximum absolute atomic E-state index is 13.5. The number of aromatic amines is 1. The van der Waals surface area contributed by atoms with Gasteiger partial charge in [-0.05, 0) is 18.2 Å². The minimum Gasteiger partial charge on any atom is -0.354 e. The van der Waals surface area contributed by atoms with Crippen LogP contribution in [0.3, 0.4) is 0 Å². The van der Waals surface area contributed by atoms with E-state index >= 15 is 0 Å². The molecule has 21 heavy (non-hydrogen) atoms. The van der Waals surface area contributed by atoms with Gasteiger partial charge in [-0.1, -0.05) is 19.9 Å². The molecule has 0 atom stereocenters. The highest BCUT2D eigenvalue weighted by Gasteiger charge is 2.11. The van der Waals surface area contributed by atoms with E-state index in [2.05, 4.69) is 15.6 Å². The fourth-order valence-corrected chi connectivity index (χ4v) is 1.90. The molecule has 2 rings (SSSR count). The molecule has 2 aromatic rings. The summed E-state index contributed by atoms with van der Waals surface area (Å²) < 4.78 is 13.5. The van der Waals surface area contributed by atoms with Gasteiger partial charge in [0.15, 0.2) is 0 Å². The van der Waals surface area contributed by atoms with Gasteiger partial charge in [0.1, 0.15) is 11.5 Å². The van der Waals surface area contributed by atoms with Crippen LogP contribution in [0, 0.1) is 11.7 Å². The molecule has 0 unspecified atom stereocenters. The Morgan fingerprint density at radius 3 is 2.62 bits per heavy atom. The van der Waals surface area contributed by atoms with E-state index in [4.69, 9.17) is 0 Å². The molecule has 3 N–H and O–H groups in total. The molecule has 1 aromatic carbocycles. The summed E-state index contributed by atoms with van der Waals surface area (Å²) in [6.45, 7) is 4.27. The molecule has 1 aromatic heterocycles. The molecule has 2 amide bonds. The Bertz CT molecular complexity index is 664. The van der Waals surface area contributed by atoms with E-state index in [9.17, 15) is 14.0 Å². The minimum atomic E-state index is -0.369. The van der Waals surface area contributed by atoms with Gasteiger partial charge in [-0.25, -0.2) is 4.39 Å². The quantitative estimate of drug-likeness (QED) is 0.735. The molecule has 112 valence electrons. The molecule has 0 saturated carbocycles. The van der Waals surface area contributed by atoms with E-state index in [0.717, 1.165) is 0 Å². The van der Waals surface area contributed by atoms with Crippen LogP contribution in [0.2, 0.25) is 0 Å². The van der Waals surface area contributed by atoms with E-state index in [1.54, 1.807) is 26.0 Å².